The van der Waals surface area contributed by atoms with E-state index >= 15 is 0 Å². The molecule has 5 aromatic carbocycles. The van der Waals surface area contributed by atoms with E-state index in [9.17, 15) is 24.6 Å². The van der Waals surface area contributed by atoms with Crippen LogP contribution in [0.15, 0.2) is 188 Å². The number of aromatic nitrogens is 12. The number of rotatable bonds is 24. The van der Waals surface area contributed by atoms with Gasteiger partial charge in [-0.1, -0.05) is 82.6 Å². The Morgan fingerprint density at radius 1 is 0.509 bits per heavy atom. The Bertz CT molecular complexity index is 5010. The number of nitrogens with one attached hydrogen (secondary N) is 9. The number of benzene rings is 5. The number of anilines is 12. The van der Waals surface area contributed by atoms with Gasteiger partial charge in [-0.15, -0.1) is 0 Å². The smallest absolute Gasteiger partial charge is 0.257 e. The number of hydrogen-bond donors (Lipinski definition) is 11. The number of carbonyl (C=O) groups excluding carboxylic acids is 3. The van der Waals surface area contributed by atoms with Crippen LogP contribution in [-0.4, -0.2) is 139 Å². The van der Waals surface area contributed by atoms with Crippen LogP contribution < -0.4 is 46.6 Å². The summed E-state index contributed by atoms with van der Waals surface area (Å²) in [5.74, 6) is 6.55. The van der Waals surface area contributed by atoms with Gasteiger partial charge in [0.25, 0.3) is 5.91 Å². The molecule has 1 aliphatic carbocycles. The standard InChI is InChI=1S/C30H26ClN7OS.C25H33N7O2S.C23H27N7O2S.9H2/c1-19-16-27(37-36-19)33-26-18-28(38-14-5-15-38)35-30(34-26)40-23-11-9-22(10-12-23)32-29(39)24-13-8-21(17-25(24)31)20-6-3-2-4-7-20;1-6-22(33)26-17-7-9-18(10-8-17)35-23-28-19(27-20-11-16(2)30-31-20)12-21(29-23)32-14-25(34,15-32)13-24(3,4)5;1-3-21(31)24-16-6-8-17(9-7-16)33-22-26-18(25-19-10-14(2)28-29-19)11-20(27-22)30-12-23(32,13-30)15-4-5-15;;;;;;;;;/h2-4,6-13,16-18H,5,14-15H2,1H3,(H,32,39)(H2,33,34,35,36,37);7-12,34H,6,13-15H2,1-5H3,(H,26,33)(H2,27,28,29,30,31);6-11,15,32H,3-5,12-13H2,1-2H3,(H,24,31)(H2,25,26,27,28,29);9*1H. The second-order valence-corrected chi connectivity index (χ2v) is 32.0. The summed E-state index contributed by atoms with van der Waals surface area (Å²) in [5.41, 5.74) is 6.20. The van der Waals surface area contributed by atoms with E-state index in [-0.39, 0.29) is 36.0 Å². The molecule has 576 valence electrons. The quantitative estimate of drug-likeness (QED) is 0.0250. The number of H-pyrrole nitrogens is 3. The number of halogens is 1. The summed E-state index contributed by atoms with van der Waals surface area (Å²) in [6, 6.07) is 49.7. The molecule has 26 nitrogen and oxygen atoms in total. The van der Waals surface area contributed by atoms with E-state index in [0.717, 1.165) is 110 Å². The van der Waals surface area contributed by atoms with E-state index < -0.39 is 11.2 Å². The Kier molecular flexibility index (Phi) is 23.3. The van der Waals surface area contributed by atoms with Crippen molar-refractivity contribution in [3.05, 3.63) is 185 Å². The lowest BCUT2D eigenvalue weighted by atomic mass is 9.78. The highest BCUT2D eigenvalue weighted by molar-refractivity contribution is 7.99. The lowest BCUT2D eigenvalue weighted by Crippen LogP contribution is -2.63. The maximum absolute atomic E-state index is 12.9. The van der Waals surface area contributed by atoms with Gasteiger partial charge in [0.1, 0.15) is 46.1 Å². The van der Waals surface area contributed by atoms with Gasteiger partial charge < -0.3 is 56.8 Å². The average Bonchev–Trinajstić information content (AvgIpc) is 1.74. The van der Waals surface area contributed by atoms with Gasteiger partial charge in [-0.05, 0) is 189 Å². The number of aliphatic hydroxyl groups is 2. The maximum Gasteiger partial charge on any atom is 0.257 e. The molecule has 11 aromatic rings. The minimum atomic E-state index is -0.720. The molecule has 11 N–H and O–H groups in total. The SMILES string of the molecule is CCC(=O)Nc1ccc(Sc2nc(Nc3cc(C)[nH]n3)cc(N3CC(O)(C4CC4)C3)n2)cc1.CCC(=O)Nc1ccc(Sc2nc(Nc3cc(C)[nH]n3)cc(N3CC(O)(CC(C)(C)C)C3)n2)cc1.Cc1cc(Nc2cc(N3CCC3)nc(Sc3ccc(NC(=O)c4ccc(-c5ccccc5)cc4Cl)cc3)n2)n[nH]1.[HH].[HH].[HH].[HH].[HH].[HH].[HH].[HH].[HH]. The zero-order valence-electron chi connectivity index (χ0n) is 61.2. The minimum Gasteiger partial charge on any atom is -0.386 e. The van der Waals surface area contributed by atoms with Crippen LogP contribution in [0.2, 0.25) is 5.02 Å². The lowest BCUT2D eigenvalue weighted by Gasteiger charge is -2.49. The van der Waals surface area contributed by atoms with Gasteiger partial charge in [0.05, 0.1) is 23.7 Å². The number of aromatic amines is 3. The molecule has 30 heteroatoms. The van der Waals surface area contributed by atoms with Crippen LogP contribution in [0.25, 0.3) is 11.1 Å². The Morgan fingerprint density at radius 3 is 1.28 bits per heavy atom. The van der Waals surface area contributed by atoms with Gasteiger partial charge in [-0.3, -0.25) is 29.7 Å². The molecule has 3 aliphatic heterocycles. The van der Waals surface area contributed by atoms with Crippen molar-refractivity contribution in [2.75, 3.05) is 85.9 Å². The summed E-state index contributed by atoms with van der Waals surface area (Å²) in [5, 5.41) is 63.8. The molecule has 4 fully saturated rings. The van der Waals surface area contributed by atoms with Gasteiger partial charge in [-0.2, -0.15) is 15.3 Å². The van der Waals surface area contributed by atoms with E-state index in [4.69, 9.17) is 31.5 Å². The molecule has 1 saturated carbocycles. The summed E-state index contributed by atoms with van der Waals surface area (Å²) in [7, 11) is 0. The van der Waals surface area contributed by atoms with Crippen molar-refractivity contribution in [1.82, 2.24) is 60.5 Å². The monoisotopic (exact) mass is 1550 g/mol. The molecular weight excluding hydrogens is 1440 g/mol. The number of carbonyl (C=O) groups is 3. The lowest BCUT2D eigenvalue weighted by molar-refractivity contribution is -0.116. The Hall–Kier alpha value is -10.6. The van der Waals surface area contributed by atoms with E-state index in [1.54, 1.807) is 6.07 Å². The molecule has 3 saturated heterocycles. The molecular formula is C78H104ClN21O5S3. The van der Waals surface area contributed by atoms with Gasteiger partial charge in [0.15, 0.2) is 32.9 Å². The first-order valence-electron chi connectivity index (χ1n) is 35.7. The molecule has 4 aliphatic rings. The van der Waals surface area contributed by atoms with Crippen molar-refractivity contribution in [1.29, 1.82) is 0 Å². The summed E-state index contributed by atoms with van der Waals surface area (Å²) in [4.78, 5) is 73.8. The molecule has 9 heterocycles. The third-order valence-corrected chi connectivity index (χ3v) is 20.8. The predicted octanol–water partition coefficient (Wildman–Crippen LogP) is 17.9. The second kappa shape index (κ2) is 33.3. The van der Waals surface area contributed by atoms with Crippen molar-refractivity contribution in [2.45, 2.75) is 135 Å². The van der Waals surface area contributed by atoms with Gasteiger partial charge >= 0.3 is 0 Å². The van der Waals surface area contributed by atoms with Crippen LogP contribution in [0.3, 0.4) is 0 Å². The van der Waals surface area contributed by atoms with Gasteiger partial charge in [0, 0.05) is 137 Å². The fraction of sp³-hybridized carbons (Fsp3) is 0.308. The van der Waals surface area contributed by atoms with Crippen molar-refractivity contribution in [3.8, 4) is 11.1 Å². The zero-order valence-corrected chi connectivity index (χ0v) is 64.4. The van der Waals surface area contributed by atoms with Crippen molar-refractivity contribution < 1.29 is 37.4 Å². The van der Waals surface area contributed by atoms with E-state index in [0.29, 0.717) is 112 Å². The summed E-state index contributed by atoms with van der Waals surface area (Å²) in [6.07, 6.45) is 4.97. The Balaban J connectivity index is 0.000000357. The largest absolute Gasteiger partial charge is 0.386 e. The Morgan fingerprint density at radius 2 is 0.917 bits per heavy atom. The fourth-order valence-corrected chi connectivity index (χ4v) is 14.9. The molecule has 3 amide bonds. The molecule has 0 unspecified atom stereocenters. The number of hydrogen-bond acceptors (Lipinski definition) is 23. The van der Waals surface area contributed by atoms with Crippen LogP contribution >= 0.6 is 46.9 Å². The molecule has 0 spiro atoms. The number of β-amino-alcohol motifs (C(OH)–C–C–N with tert-alkyl or cyclic N) is 2. The summed E-state index contributed by atoms with van der Waals surface area (Å²) < 4.78 is 0. The highest BCUT2D eigenvalue weighted by Crippen LogP contribution is 2.46. The van der Waals surface area contributed by atoms with Crippen LogP contribution in [-0.2, 0) is 9.59 Å². The third-order valence-electron chi connectivity index (χ3n) is 17.9. The summed E-state index contributed by atoms with van der Waals surface area (Å²) >= 11 is 10.8. The molecule has 0 bridgehead atoms. The molecule has 108 heavy (non-hydrogen) atoms. The third kappa shape index (κ3) is 20.4. The summed E-state index contributed by atoms with van der Waals surface area (Å²) in [6.45, 7) is 20.1. The van der Waals surface area contributed by atoms with Crippen molar-refractivity contribution >= 4 is 134 Å². The van der Waals surface area contributed by atoms with E-state index in [1.165, 1.54) is 35.3 Å². The first-order chi connectivity index (χ1) is 51.9. The predicted molar refractivity (Wildman–Crippen MR) is 447 cm³/mol. The maximum atomic E-state index is 12.9. The second-order valence-electron chi connectivity index (χ2n) is 28.5. The van der Waals surface area contributed by atoms with Crippen LogP contribution in [0.1, 0.15) is 113 Å². The van der Waals surface area contributed by atoms with Crippen molar-refractivity contribution in [2.24, 2.45) is 11.3 Å². The highest BCUT2D eigenvalue weighted by Gasteiger charge is 2.52. The van der Waals surface area contributed by atoms with Crippen LogP contribution in [0, 0.1) is 32.1 Å². The minimum absolute atomic E-state index is 0. The number of aryl methyl sites for hydroxylation is 3. The average molecular weight is 1550 g/mol. The van der Waals surface area contributed by atoms with Crippen molar-refractivity contribution in [3.63, 3.8) is 0 Å². The molecule has 6 aromatic heterocycles. The first-order valence-corrected chi connectivity index (χ1v) is 38.6. The molecule has 0 radical (unpaired) electrons. The van der Waals surface area contributed by atoms with Crippen LogP contribution in [0.4, 0.5) is 69.4 Å². The highest BCUT2D eigenvalue weighted by atomic mass is 35.5. The number of amides is 3. The number of nitrogens with zero attached hydrogens (tertiary/aromatic N) is 12. The van der Waals surface area contributed by atoms with Gasteiger partial charge in [-0.25, -0.2) is 29.9 Å². The van der Waals surface area contributed by atoms with E-state index in [2.05, 4.69) is 108 Å². The molecule has 15 rings (SSSR count). The normalized spacial score (nSPS) is 14.7. The van der Waals surface area contributed by atoms with E-state index in [1.807, 2.05) is 186 Å². The van der Waals surface area contributed by atoms with Crippen LogP contribution in [0.5, 0.6) is 0 Å². The topological polar surface area (TPSA) is 337 Å². The fourth-order valence-electron chi connectivity index (χ4n) is 12.4. The van der Waals surface area contributed by atoms with Gasteiger partial charge in [0.2, 0.25) is 11.8 Å². The Labute approximate surface area is 657 Å². The first kappa shape index (κ1) is 75.7. The molecule has 0 atom stereocenters. The zero-order chi connectivity index (χ0) is 75.7.